The number of hydrogen-bond acceptors (Lipinski definition) is 5. The molecule has 1 heterocycles. The lowest BCUT2D eigenvalue weighted by molar-refractivity contribution is -0.143. The molecule has 28 heavy (non-hydrogen) atoms. The van der Waals surface area contributed by atoms with Gasteiger partial charge in [0, 0.05) is 45.7 Å². The highest BCUT2D eigenvalue weighted by Gasteiger charge is 2.22. The average molecular weight is 399 g/mol. The molecular weight excluding hydrogens is 356 g/mol. The molecule has 0 aromatic carbocycles. The number of esters is 1. The van der Waals surface area contributed by atoms with Crippen LogP contribution < -0.4 is 10.6 Å². The Balaban J connectivity index is 2.20. The molecule has 1 atom stereocenters. The van der Waals surface area contributed by atoms with Gasteiger partial charge < -0.3 is 20.1 Å². The lowest BCUT2D eigenvalue weighted by Gasteiger charge is -2.35. The van der Waals surface area contributed by atoms with Crippen molar-refractivity contribution in [3.05, 3.63) is 0 Å². The summed E-state index contributed by atoms with van der Waals surface area (Å²) in [5.41, 5.74) is 0. The van der Waals surface area contributed by atoms with Crippen LogP contribution in [0.4, 0.5) is 0 Å². The number of morpholine rings is 1. The molecule has 0 aromatic rings. The predicted octanol–water partition coefficient (Wildman–Crippen LogP) is 2.41. The molecule has 0 amide bonds. The van der Waals surface area contributed by atoms with Gasteiger partial charge in [-0.3, -0.25) is 14.7 Å². The van der Waals surface area contributed by atoms with E-state index in [1.165, 1.54) is 6.42 Å². The predicted molar refractivity (Wildman–Crippen MR) is 115 cm³/mol. The van der Waals surface area contributed by atoms with E-state index in [4.69, 9.17) is 9.47 Å². The van der Waals surface area contributed by atoms with Crippen LogP contribution in [0.2, 0.25) is 0 Å². The maximum absolute atomic E-state index is 11.3. The molecular formula is C21H42N4O3. The van der Waals surface area contributed by atoms with Gasteiger partial charge in [0.1, 0.15) is 0 Å². The lowest BCUT2D eigenvalue weighted by Crippen LogP contribution is -2.51. The van der Waals surface area contributed by atoms with Crippen LogP contribution in [0, 0.1) is 5.92 Å². The van der Waals surface area contributed by atoms with Crippen LogP contribution in [0.5, 0.6) is 0 Å². The molecule has 0 spiro atoms. The van der Waals surface area contributed by atoms with Crippen molar-refractivity contribution in [1.82, 2.24) is 15.5 Å². The fourth-order valence-corrected chi connectivity index (χ4v) is 3.47. The third kappa shape index (κ3) is 11.5. The van der Waals surface area contributed by atoms with Crippen molar-refractivity contribution >= 4 is 11.9 Å². The lowest BCUT2D eigenvalue weighted by atomic mass is 10.0. The van der Waals surface area contributed by atoms with Gasteiger partial charge in [-0.2, -0.15) is 0 Å². The molecule has 0 aliphatic carbocycles. The third-order valence-corrected chi connectivity index (χ3v) is 4.94. The summed E-state index contributed by atoms with van der Waals surface area (Å²) in [4.78, 5) is 18.2. The molecule has 1 aliphatic heterocycles. The minimum Gasteiger partial charge on any atom is -0.466 e. The van der Waals surface area contributed by atoms with Crippen molar-refractivity contribution in [2.45, 2.75) is 65.3 Å². The van der Waals surface area contributed by atoms with E-state index >= 15 is 0 Å². The van der Waals surface area contributed by atoms with Crippen LogP contribution in [-0.2, 0) is 14.3 Å². The zero-order valence-corrected chi connectivity index (χ0v) is 18.5. The van der Waals surface area contributed by atoms with Crippen LogP contribution in [0.25, 0.3) is 0 Å². The van der Waals surface area contributed by atoms with E-state index in [2.05, 4.69) is 34.4 Å². The second-order valence-corrected chi connectivity index (χ2v) is 7.78. The number of aliphatic imine (C=N–C) groups is 1. The maximum atomic E-state index is 11.3. The summed E-state index contributed by atoms with van der Waals surface area (Å²) in [7, 11) is 1.82. The van der Waals surface area contributed by atoms with E-state index in [0.29, 0.717) is 25.0 Å². The summed E-state index contributed by atoms with van der Waals surface area (Å²) in [6.07, 6.45) is 5.84. The number of carbonyl (C=O) groups is 1. The largest absolute Gasteiger partial charge is 0.466 e. The molecule has 1 aliphatic rings. The first-order valence-electron chi connectivity index (χ1n) is 11.0. The number of ether oxygens (including phenoxy) is 2. The Morgan fingerprint density at radius 1 is 1.14 bits per heavy atom. The molecule has 1 fully saturated rings. The highest BCUT2D eigenvalue weighted by Crippen LogP contribution is 2.13. The number of rotatable bonds is 13. The van der Waals surface area contributed by atoms with Crippen LogP contribution >= 0.6 is 0 Å². The van der Waals surface area contributed by atoms with E-state index in [1.54, 1.807) is 0 Å². The third-order valence-electron chi connectivity index (χ3n) is 4.94. The van der Waals surface area contributed by atoms with Gasteiger partial charge in [0.25, 0.3) is 0 Å². The van der Waals surface area contributed by atoms with Crippen molar-refractivity contribution in [2.75, 3.05) is 53.0 Å². The molecule has 0 radical (unpaired) electrons. The summed E-state index contributed by atoms with van der Waals surface area (Å²) in [6, 6.07) is 0.505. The topological polar surface area (TPSA) is 75.2 Å². The molecule has 1 unspecified atom stereocenters. The molecule has 164 valence electrons. The summed E-state index contributed by atoms with van der Waals surface area (Å²) < 4.78 is 10.4. The highest BCUT2D eigenvalue weighted by molar-refractivity contribution is 5.79. The molecule has 0 bridgehead atoms. The number of guanidine groups is 1. The van der Waals surface area contributed by atoms with Crippen molar-refractivity contribution in [1.29, 1.82) is 0 Å². The van der Waals surface area contributed by atoms with Crippen molar-refractivity contribution in [3.8, 4) is 0 Å². The molecule has 2 N–H and O–H groups in total. The van der Waals surface area contributed by atoms with Gasteiger partial charge in [0.2, 0.25) is 0 Å². The quantitative estimate of drug-likeness (QED) is 0.215. The number of nitrogens with one attached hydrogen (secondary N) is 2. The Bertz CT molecular complexity index is 437. The van der Waals surface area contributed by atoms with Gasteiger partial charge in [-0.1, -0.05) is 26.7 Å². The molecule has 0 aromatic heterocycles. The highest BCUT2D eigenvalue weighted by atomic mass is 16.5. The smallest absolute Gasteiger partial charge is 0.305 e. The van der Waals surface area contributed by atoms with Crippen molar-refractivity contribution < 1.29 is 14.3 Å². The number of hydrogen-bond donors (Lipinski definition) is 2. The Kier molecular flexibility index (Phi) is 13.7. The summed E-state index contributed by atoms with van der Waals surface area (Å²) in [6.45, 7) is 12.4. The Labute approximate surface area is 171 Å². The summed E-state index contributed by atoms with van der Waals surface area (Å²) in [5.74, 6) is 1.45. The SMILES string of the molecule is CCOC(=O)CCCCCCNC(=NC)NCC(CC(C)C)N1CCOCC1. The van der Waals surface area contributed by atoms with Gasteiger partial charge in [-0.05, 0) is 32.1 Å². The molecule has 1 rings (SSSR count). The fraction of sp³-hybridized carbons (Fsp3) is 0.905. The molecule has 0 saturated carbocycles. The number of carbonyl (C=O) groups excluding carboxylic acids is 1. The number of unbranched alkanes of at least 4 members (excludes halogenated alkanes) is 3. The zero-order chi connectivity index (χ0) is 20.6. The maximum Gasteiger partial charge on any atom is 0.305 e. The average Bonchev–Trinajstić information content (AvgIpc) is 2.69. The van der Waals surface area contributed by atoms with Crippen LogP contribution in [0.15, 0.2) is 4.99 Å². The monoisotopic (exact) mass is 398 g/mol. The Morgan fingerprint density at radius 3 is 2.50 bits per heavy atom. The van der Waals surface area contributed by atoms with Crippen molar-refractivity contribution in [2.24, 2.45) is 10.9 Å². The van der Waals surface area contributed by atoms with E-state index in [-0.39, 0.29) is 5.97 Å². The normalized spacial score (nSPS) is 16.8. The fourth-order valence-electron chi connectivity index (χ4n) is 3.47. The first-order chi connectivity index (χ1) is 13.6. The summed E-state index contributed by atoms with van der Waals surface area (Å²) >= 11 is 0. The zero-order valence-electron chi connectivity index (χ0n) is 18.5. The number of nitrogens with zero attached hydrogens (tertiary/aromatic N) is 2. The second-order valence-electron chi connectivity index (χ2n) is 7.78. The van der Waals surface area contributed by atoms with Crippen LogP contribution in [-0.4, -0.2) is 75.9 Å². The minimum atomic E-state index is -0.0820. The van der Waals surface area contributed by atoms with Crippen molar-refractivity contribution in [3.63, 3.8) is 0 Å². The Morgan fingerprint density at radius 2 is 1.86 bits per heavy atom. The first kappa shape index (κ1) is 24.7. The first-order valence-corrected chi connectivity index (χ1v) is 11.0. The molecule has 1 saturated heterocycles. The second kappa shape index (κ2) is 15.6. The van der Waals surface area contributed by atoms with Gasteiger partial charge in [-0.15, -0.1) is 0 Å². The summed E-state index contributed by atoms with van der Waals surface area (Å²) in [5, 5.41) is 6.90. The van der Waals surface area contributed by atoms with Gasteiger partial charge in [0.05, 0.1) is 19.8 Å². The van der Waals surface area contributed by atoms with E-state index in [0.717, 1.165) is 71.0 Å². The van der Waals surface area contributed by atoms with E-state index < -0.39 is 0 Å². The standard InChI is InChI=1S/C21H42N4O3/c1-5-28-20(26)10-8-6-7-9-11-23-21(22-4)24-17-19(16-18(2)3)25-12-14-27-15-13-25/h18-19H,5-17H2,1-4H3,(H2,22,23,24). The van der Waals surface area contributed by atoms with Gasteiger partial charge >= 0.3 is 5.97 Å². The Hall–Kier alpha value is -1.34. The minimum absolute atomic E-state index is 0.0820. The molecule has 7 heteroatoms. The molecule has 7 nitrogen and oxygen atoms in total. The van der Waals surface area contributed by atoms with Crippen LogP contribution in [0.1, 0.15) is 59.3 Å². The van der Waals surface area contributed by atoms with E-state index in [1.807, 2.05) is 14.0 Å². The van der Waals surface area contributed by atoms with Gasteiger partial charge in [0.15, 0.2) is 5.96 Å². The van der Waals surface area contributed by atoms with E-state index in [9.17, 15) is 4.79 Å². The van der Waals surface area contributed by atoms with Gasteiger partial charge in [-0.25, -0.2) is 0 Å². The van der Waals surface area contributed by atoms with Crippen LogP contribution in [0.3, 0.4) is 0 Å².